The number of H-pyrrole nitrogens is 1. The van der Waals surface area contributed by atoms with Crippen LogP contribution in [-0.4, -0.2) is 45.8 Å². The standard InChI is InChI=1S/C21H25N5O2S/c1-3-13-25(14-19(27)22-17-11-7-8-12-18(17)28-2)15-26-21(29)23-20(24-26)16-9-5-4-6-10-16/h4-12H,3,13-15H2,1-2H3,(H,22,27)(H,23,24,29). The molecule has 0 bridgehead atoms. The minimum absolute atomic E-state index is 0.114. The summed E-state index contributed by atoms with van der Waals surface area (Å²) in [7, 11) is 1.58. The zero-order valence-electron chi connectivity index (χ0n) is 16.6. The number of aromatic amines is 1. The monoisotopic (exact) mass is 411 g/mol. The van der Waals surface area contributed by atoms with Crippen molar-refractivity contribution in [3.05, 3.63) is 59.4 Å². The van der Waals surface area contributed by atoms with Crippen LogP contribution < -0.4 is 10.1 Å². The lowest BCUT2D eigenvalue weighted by molar-refractivity contribution is -0.117. The number of carbonyl (C=O) groups excluding carboxylic acids is 1. The van der Waals surface area contributed by atoms with Gasteiger partial charge in [-0.15, -0.1) is 0 Å². The smallest absolute Gasteiger partial charge is 0.238 e. The van der Waals surface area contributed by atoms with Crippen LogP contribution in [0.4, 0.5) is 5.69 Å². The van der Waals surface area contributed by atoms with Crippen molar-refractivity contribution in [1.29, 1.82) is 0 Å². The number of para-hydroxylation sites is 2. The van der Waals surface area contributed by atoms with Gasteiger partial charge in [-0.2, -0.15) is 4.98 Å². The molecular weight excluding hydrogens is 386 g/mol. The van der Waals surface area contributed by atoms with E-state index in [0.717, 1.165) is 18.5 Å². The first-order valence-electron chi connectivity index (χ1n) is 9.48. The van der Waals surface area contributed by atoms with E-state index in [0.29, 0.717) is 28.7 Å². The minimum atomic E-state index is -0.114. The third-order valence-corrected chi connectivity index (χ3v) is 4.67. The molecule has 0 atom stereocenters. The third kappa shape index (κ3) is 5.52. The van der Waals surface area contributed by atoms with E-state index < -0.39 is 0 Å². The maximum Gasteiger partial charge on any atom is 0.238 e. The summed E-state index contributed by atoms with van der Waals surface area (Å²) < 4.78 is 7.53. The quantitative estimate of drug-likeness (QED) is 0.522. The van der Waals surface area contributed by atoms with Gasteiger partial charge in [0, 0.05) is 12.1 Å². The number of ether oxygens (including phenoxy) is 1. The summed E-state index contributed by atoms with van der Waals surface area (Å²) in [5.74, 6) is 1.23. The molecule has 1 heterocycles. The van der Waals surface area contributed by atoms with Crippen LogP contribution in [-0.2, 0) is 11.5 Å². The highest BCUT2D eigenvalue weighted by Gasteiger charge is 2.14. The molecule has 1 amide bonds. The molecule has 2 N–H and O–H groups in total. The van der Waals surface area contributed by atoms with Gasteiger partial charge in [-0.3, -0.25) is 14.8 Å². The third-order valence-electron chi connectivity index (χ3n) is 4.36. The molecule has 3 rings (SSSR count). The molecule has 3 aromatic rings. The molecule has 0 saturated carbocycles. The van der Waals surface area contributed by atoms with Crippen molar-refractivity contribution in [2.45, 2.75) is 20.0 Å². The average Bonchev–Trinajstić information content (AvgIpc) is 3.09. The summed E-state index contributed by atoms with van der Waals surface area (Å²) in [4.78, 5) is 19.1. The van der Waals surface area contributed by atoms with Crippen LogP contribution in [0.1, 0.15) is 13.3 Å². The lowest BCUT2D eigenvalue weighted by atomic mass is 10.2. The number of methoxy groups -OCH3 is 1. The molecule has 0 aliphatic rings. The number of benzene rings is 2. The Hall–Kier alpha value is -2.97. The van der Waals surface area contributed by atoms with E-state index in [1.54, 1.807) is 11.8 Å². The van der Waals surface area contributed by atoms with E-state index in [1.165, 1.54) is 0 Å². The number of hydrogen-bond acceptors (Lipinski definition) is 5. The Bertz CT molecular complexity index is 1000. The Morgan fingerprint density at radius 2 is 1.93 bits per heavy atom. The zero-order valence-corrected chi connectivity index (χ0v) is 17.4. The van der Waals surface area contributed by atoms with Crippen LogP contribution in [0, 0.1) is 4.77 Å². The van der Waals surface area contributed by atoms with Gasteiger partial charge in [0.25, 0.3) is 0 Å². The molecule has 2 aromatic carbocycles. The van der Waals surface area contributed by atoms with Gasteiger partial charge in [0.15, 0.2) is 5.82 Å². The largest absolute Gasteiger partial charge is 0.495 e. The summed E-state index contributed by atoms with van der Waals surface area (Å²) in [6, 6.07) is 17.2. The lowest BCUT2D eigenvalue weighted by Gasteiger charge is -2.21. The van der Waals surface area contributed by atoms with Crippen molar-refractivity contribution < 1.29 is 9.53 Å². The number of nitrogens with one attached hydrogen (secondary N) is 2. The molecular formula is C21H25N5O2S. The molecule has 7 nitrogen and oxygen atoms in total. The topological polar surface area (TPSA) is 75.2 Å². The summed E-state index contributed by atoms with van der Waals surface area (Å²) in [6.45, 7) is 3.51. The Morgan fingerprint density at radius 1 is 1.21 bits per heavy atom. The van der Waals surface area contributed by atoms with Crippen molar-refractivity contribution in [2.24, 2.45) is 0 Å². The zero-order chi connectivity index (χ0) is 20.6. The molecule has 0 unspecified atom stereocenters. The highest BCUT2D eigenvalue weighted by molar-refractivity contribution is 7.71. The molecule has 0 radical (unpaired) electrons. The van der Waals surface area contributed by atoms with Crippen LogP contribution in [0.3, 0.4) is 0 Å². The highest BCUT2D eigenvalue weighted by atomic mass is 32.1. The first-order valence-corrected chi connectivity index (χ1v) is 9.89. The number of nitrogens with zero attached hydrogens (tertiary/aromatic N) is 3. The summed E-state index contributed by atoms with van der Waals surface area (Å²) in [5.41, 5.74) is 1.62. The fourth-order valence-corrected chi connectivity index (χ4v) is 3.23. The van der Waals surface area contributed by atoms with Crippen LogP contribution in [0.15, 0.2) is 54.6 Å². The van der Waals surface area contributed by atoms with E-state index in [9.17, 15) is 4.79 Å². The summed E-state index contributed by atoms with van der Waals surface area (Å²) in [6.07, 6.45) is 0.912. The fraction of sp³-hybridized carbons (Fsp3) is 0.286. The fourth-order valence-electron chi connectivity index (χ4n) is 3.03. The molecule has 0 spiro atoms. The normalized spacial score (nSPS) is 10.9. The summed E-state index contributed by atoms with van der Waals surface area (Å²) >= 11 is 5.40. The van der Waals surface area contributed by atoms with Gasteiger partial charge in [0.2, 0.25) is 10.7 Å². The Labute approximate surface area is 175 Å². The van der Waals surface area contributed by atoms with Crippen LogP contribution >= 0.6 is 12.2 Å². The van der Waals surface area contributed by atoms with Gasteiger partial charge in [-0.1, -0.05) is 49.4 Å². The van der Waals surface area contributed by atoms with Crippen LogP contribution in [0.5, 0.6) is 5.75 Å². The van der Waals surface area contributed by atoms with Gasteiger partial charge >= 0.3 is 0 Å². The first kappa shape index (κ1) is 20.8. The number of amides is 1. The first-order chi connectivity index (χ1) is 14.1. The summed E-state index contributed by atoms with van der Waals surface area (Å²) in [5, 5.41) is 6.15. The van der Waals surface area contributed by atoms with E-state index in [4.69, 9.17) is 17.0 Å². The Kier molecular flexibility index (Phi) is 7.15. The maximum atomic E-state index is 12.6. The minimum Gasteiger partial charge on any atom is -0.495 e. The van der Waals surface area contributed by atoms with E-state index in [-0.39, 0.29) is 12.5 Å². The Morgan fingerprint density at radius 3 is 2.66 bits per heavy atom. The molecule has 29 heavy (non-hydrogen) atoms. The molecule has 152 valence electrons. The Balaban J connectivity index is 1.69. The number of carbonyl (C=O) groups is 1. The van der Waals surface area contributed by atoms with E-state index >= 15 is 0 Å². The number of rotatable bonds is 9. The lowest BCUT2D eigenvalue weighted by Crippen LogP contribution is -2.35. The van der Waals surface area contributed by atoms with E-state index in [2.05, 4.69) is 22.3 Å². The molecule has 8 heteroatoms. The number of hydrogen-bond donors (Lipinski definition) is 2. The van der Waals surface area contributed by atoms with Crippen molar-refractivity contribution in [3.63, 3.8) is 0 Å². The predicted octanol–water partition coefficient (Wildman–Crippen LogP) is 3.92. The van der Waals surface area contributed by atoms with Gasteiger partial charge in [0.05, 0.1) is 26.0 Å². The van der Waals surface area contributed by atoms with Crippen LogP contribution in [0.2, 0.25) is 0 Å². The highest BCUT2D eigenvalue weighted by Crippen LogP contribution is 2.23. The van der Waals surface area contributed by atoms with Gasteiger partial charge in [-0.25, -0.2) is 4.68 Å². The molecule has 0 aliphatic carbocycles. The van der Waals surface area contributed by atoms with E-state index in [1.807, 2.05) is 59.5 Å². The SMILES string of the molecule is CCCN(CC(=O)Nc1ccccc1OC)Cn1[nH]c(-c2ccccc2)nc1=S. The van der Waals surface area contributed by atoms with Crippen molar-refractivity contribution >= 4 is 23.8 Å². The van der Waals surface area contributed by atoms with Gasteiger partial charge in [-0.05, 0) is 30.8 Å². The van der Waals surface area contributed by atoms with Gasteiger partial charge in [0.1, 0.15) is 5.75 Å². The molecule has 0 saturated heterocycles. The second-order valence-corrected chi connectivity index (χ2v) is 6.96. The van der Waals surface area contributed by atoms with Crippen molar-refractivity contribution in [1.82, 2.24) is 19.7 Å². The van der Waals surface area contributed by atoms with Gasteiger partial charge < -0.3 is 10.1 Å². The second-order valence-electron chi connectivity index (χ2n) is 6.59. The predicted molar refractivity (Wildman–Crippen MR) is 116 cm³/mol. The average molecular weight is 412 g/mol. The number of aromatic nitrogens is 3. The van der Waals surface area contributed by atoms with Crippen molar-refractivity contribution in [2.75, 3.05) is 25.5 Å². The number of anilines is 1. The maximum absolute atomic E-state index is 12.6. The second kappa shape index (κ2) is 9.99. The van der Waals surface area contributed by atoms with Crippen molar-refractivity contribution in [3.8, 4) is 17.1 Å². The molecule has 0 aliphatic heterocycles. The van der Waals surface area contributed by atoms with Crippen LogP contribution in [0.25, 0.3) is 11.4 Å². The molecule has 1 aromatic heterocycles. The molecule has 0 fully saturated rings.